The van der Waals surface area contributed by atoms with Crippen molar-refractivity contribution in [2.45, 2.75) is 17.3 Å². The monoisotopic (exact) mass is 377 g/mol. The fourth-order valence-electron chi connectivity index (χ4n) is 1.88. The molecule has 0 heterocycles. The predicted molar refractivity (Wildman–Crippen MR) is 80.7 cm³/mol. The van der Waals surface area contributed by atoms with Gasteiger partial charge >= 0.3 is 12.4 Å². The maximum atomic E-state index is 12.4. The van der Waals surface area contributed by atoms with Crippen molar-refractivity contribution in [3.8, 4) is 5.75 Å². The van der Waals surface area contributed by atoms with E-state index in [-0.39, 0.29) is 17.0 Å². The van der Waals surface area contributed by atoms with Gasteiger partial charge in [-0.05, 0) is 36.4 Å². The van der Waals surface area contributed by atoms with Gasteiger partial charge in [-0.2, -0.15) is 17.6 Å². The Balaban J connectivity index is 2.20. The van der Waals surface area contributed by atoms with Crippen LogP contribution in [-0.4, -0.2) is 26.7 Å². The van der Waals surface area contributed by atoms with E-state index in [0.717, 1.165) is 24.3 Å². The molecular formula is C15H11F4NO4S. The van der Waals surface area contributed by atoms with Crippen LogP contribution in [0.1, 0.15) is 10.4 Å². The predicted octanol–water partition coefficient (Wildman–Crippen LogP) is 3.54. The molecule has 0 fully saturated rings. The van der Waals surface area contributed by atoms with Crippen LogP contribution >= 0.6 is 0 Å². The highest BCUT2D eigenvalue weighted by molar-refractivity contribution is 7.91. The number of anilines is 1. The van der Waals surface area contributed by atoms with Crippen LogP contribution in [0.5, 0.6) is 5.75 Å². The number of benzene rings is 2. The van der Waals surface area contributed by atoms with Crippen molar-refractivity contribution < 1.29 is 35.5 Å². The second-order valence-corrected chi connectivity index (χ2v) is 6.58. The number of alkyl halides is 4. The Hall–Kier alpha value is -2.62. The number of sulfone groups is 1. The molecule has 2 aromatic rings. The lowest BCUT2D eigenvalue weighted by Gasteiger charge is -2.11. The number of nitrogens with one attached hydrogen (secondary N) is 1. The Labute approximate surface area is 140 Å². The lowest BCUT2D eigenvalue weighted by molar-refractivity contribution is -0.0501. The molecule has 134 valence electrons. The average Bonchev–Trinajstić information content (AvgIpc) is 2.55. The third-order valence-corrected chi connectivity index (χ3v) is 4.42. The van der Waals surface area contributed by atoms with Crippen molar-refractivity contribution in [3.63, 3.8) is 0 Å². The van der Waals surface area contributed by atoms with Crippen LogP contribution in [0.2, 0.25) is 0 Å². The summed E-state index contributed by atoms with van der Waals surface area (Å²) in [6.45, 7) is -3.12. The third kappa shape index (κ3) is 4.47. The summed E-state index contributed by atoms with van der Waals surface area (Å²) in [5.74, 6) is -4.70. The standard InChI is InChI=1S/C15H11F4NO4S/c16-14(17)24-12-4-2-1-3-11(12)13(21)20-9-5-7-10(8-6-9)25(22,23)15(18)19/h1-8,14-15H,(H,20,21). The molecule has 0 spiro atoms. The Morgan fingerprint density at radius 3 is 2.12 bits per heavy atom. The first kappa shape index (κ1) is 18.7. The van der Waals surface area contributed by atoms with Crippen LogP contribution < -0.4 is 10.1 Å². The van der Waals surface area contributed by atoms with Gasteiger partial charge in [0.25, 0.3) is 5.91 Å². The molecule has 0 aliphatic carbocycles. The zero-order valence-corrected chi connectivity index (χ0v) is 13.1. The summed E-state index contributed by atoms with van der Waals surface area (Å²) in [5.41, 5.74) is -0.0860. The van der Waals surface area contributed by atoms with Gasteiger partial charge in [0.1, 0.15) is 5.75 Å². The van der Waals surface area contributed by atoms with Crippen molar-refractivity contribution in [1.82, 2.24) is 0 Å². The van der Waals surface area contributed by atoms with E-state index < -0.39 is 33.0 Å². The molecule has 0 saturated carbocycles. The zero-order valence-electron chi connectivity index (χ0n) is 12.3. The smallest absolute Gasteiger partial charge is 0.387 e. The molecule has 0 aliphatic rings. The van der Waals surface area contributed by atoms with E-state index in [1.807, 2.05) is 0 Å². The van der Waals surface area contributed by atoms with Crippen LogP contribution in [0.15, 0.2) is 53.4 Å². The molecule has 0 unspecified atom stereocenters. The molecule has 2 aromatic carbocycles. The van der Waals surface area contributed by atoms with Gasteiger partial charge in [0.2, 0.25) is 9.84 Å². The quantitative estimate of drug-likeness (QED) is 0.782. The maximum absolute atomic E-state index is 12.4. The number of ether oxygens (including phenoxy) is 1. The molecule has 0 bridgehead atoms. The second-order valence-electron chi connectivity index (χ2n) is 4.66. The highest BCUT2D eigenvalue weighted by Crippen LogP contribution is 2.23. The fourth-order valence-corrected chi connectivity index (χ4v) is 2.60. The number of hydrogen-bond donors (Lipinski definition) is 1. The molecule has 0 aliphatic heterocycles. The van der Waals surface area contributed by atoms with Gasteiger partial charge in [-0.1, -0.05) is 12.1 Å². The largest absolute Gasteiger partial charge is 0.434 e. The van der Waals surface area contributed by atoms with Crippen molar-refractivity contribution in [3.05, 3.63) is 54.1 Å². The van der Waals surface area contributed by atoms with Gasteiger partial charge in [-0.3, -0.25) is 4.79 Å². The van der Waals surface area contributed by atoms with Crippen LogP contribution in [0.4, 0.5) is 23.2 Å². The van der Waals surface area contributed by atoms with Crippen molar-refractivity contribution in [2.75, 3.05) is 5.32 Å². The van der Waals surface area contributed by atoms with Gasteiger partial charge in [-0.15, -0.1) is 0 Å². The summed E-state index contributed by atoms with van der Waals surface area (Å²) in [5, 5.41) is 2.33. The van der Waals surface area contributed by atoms with Crippen molar-refractivity contribution >= 4 is 21.4 Å². The summed E-state index contributed by atoms with van der Waals surface area (Å²) in [7, 11) is -4.74. The van der Waals surface area contributed by atoms with E-state index in [1.165, 1.54) is 24.3 Å². The summed E-state index contributed by atoms with van der Waals surface area (Å²) >= 11 is 0. The van der Waals surface area contributed by atoms with Crippen molar-refractivity contribution in [2.24, 2.45) is 0 Å². The van der Waals surface area contributed by atoms with Gasteiger partial charge in [0, 0.05) is 5.69 Å². The van der Waals surface area contributed by atoms with Crippen LogP contribution in [0, 0.1) is 0 Å². The summed E-state index contributed by atoms with van der Waals surface area (Å²) < 4.78 is 76.4. The van der Waals surface area contributed by atoms with Crippen molar-refractivity contribution in [1.29, 1.82) is 0 Å². The Morgan fingerprint density at radius 2 is 1.56 bits per heavy atom. The molecule has 0 saturated heterocycles. The minimum atomic E-state index is -4.74. The highest BCUT2D eigenvalue weighted by Gasteiger charge is 2.26. The molecule has 0 radical (unpaired) electrons. The maximum Gasteiger partial charge on any atom is 0.387 e. The van der Waals surface area contributed by atoms with Gasteiger partial charge in [0.05, 0.1) is 10.5 Å². The van der Waals surface area contributed by atoms with E-state index in [9.17, 15) is 30.8 Å². The van der Waals surface area contributed by atoms with E-state index in [1.54, 1.807) is 0 Å². The summed E-state index contributed by atoms with van der Waals surface area (Å²) in [4.78, 5) is 11.5. The second kappa shape index (κ2) is 7.51. The molecule has 0 atom stereocenters. The van der Waals surface area contributed by atoms with Gasteiger partial charge in [-0.25, -0.2) is 8.42 Å². The zero-order chi connectivity index (χ0) is 18.6. The minimum absolute atomic E-state index is 0.0880. The number of carbonyl (C=O) groups excluding carboxylic acids is 1. The van der Waals surface area contributed by atoms with E-state index in [4.69, 9.17) is 0 Å². The molecule has 10 heteroatoms. The number of para-hydroxylation sites is 1. The summed E-state index contributed by atoms with van der Waals surface area (Å²) in [6, 6.07) is 9.27. The van der Waals surface area contributed by atoms with Crippen LogP contribution in [-0.2, 0) is 9.84 Å². The van der Waals surface area contributed by atoms with E-state index >= 15 is 0 Å². The van der Waals surface area contributed by atoms with Crippen LogP contribution in [0.25, 0.3) is 0 Å². The topological polar surface area (TPSA) is 72.5 Å². The lowest BCUT2D eigenvalue weighted by Crippen LogP contribution is -2.15. The Kier molecular flexibility index (Phi) is 5.62. The fraction of sp³-hybridized carbons (Fsp3) is 0.133. The normalized spacial score (nSPS) is 11.6. The first-order chi connectivity index (χ1) is 11.7. The molecule has 0 aromatic heterocycles. The number of hydrogen-bond acceptors (Lipinski definition) is 4. The SMILES string of the molecule is O=C(Nc1ccc(S(=O)(=O)C(F)F)cc1)c1ccccc1OC(F)F. The van der Waals surface area contributed by atoms with Gasteiger partial charge < -0.3 is 10.1 Å². The molecule has 1 amide bonds. The van der Waals surface area contributed by atoms with E-state index in [2.05, 4.69) is 10.1 Å². The third-order valence-electron chi connectivity index (χ3n) is 3.02. The number of carbonyl (C=O) groups is 1. The lowest BCUT2D eigenvalue weighted by atomic mass is 10.2. The minimum Gasteiger partial charge on any atom is -0.434 e. The molecule has 5 nitrogen and oxygen atoms in total. The number of halogens is 4. The van der Waals surface area contributed by atoms with Gasteiger partial charge in [0.15, 0.2) is 0 Å². The van der Waals surface area contributed by atoms with E-state index in [0.29, 0.717) is 0 Å². The Bertz CT molecular complexity index is 854. The first-order valence-electron chi connectivity index (χ1n) is 6.69. The molecule has 25 heavy (non-hydrogen) atoms. The molecule has 2 rings (SSSR count). The number of rotatable bonds is 6. The average molecular weight is 377 g/mol. The van der Waals surface area contributed by atoms with Crippen LogP contribution in [0.3, 0.4) is 0 Å². The Morgan fingerprint density at radius 1 is 0.960 bits per heavy atom. The molecular weight excluding hydrogens is 366 g/mol. The highest BCUT2D eigenvalue weighted by atomic mass is 32.2. The first-order valence-corrected chi connectivity index (χ1v) is 8.24. The molecule has 1 N–H and O–H groups in total. The summed E-state index contributed by atoms with van der Waals surface area (Å²) in [6.07, 6.45) is 0. The number of amides is 1.